The first kappa shape index (κ1) is 29.6. The average molecular weight is 602 g/mol. The lowest BCUT2D eigenvalue weighted by Crippen LogP contribution is -2.44. The molecule has 0 bridgehead atoms. The standard InChI is InChI=1S/C36H31N3O6/c1-36(2,3)34(43)45-21-39-33(42)24(19-38(35(39)44)20-30(41)37-17-18-40)14-13-22-15-16-29-27-11-5-8-23-7-4-10-26(31(23)27)28-12-6-9-25(22)32(28)29/h4-12,15-16,19,40H,17-18,20-21H2,1-3H3,(H,37,41). The lowest BCUT2D eigenvalue weighted by Gasteiger charge is -2.17. The Bertz CT molecular complexity index is 2260. The summed E-state index contributed by atoms with van der Waals surface area (Å²) in [6.45, 7) is 3.65. The Morgan fingerprint density at radius 1 is 0.822 bits per heavy atom. The summed E-state index contributed by atoms with van der Waals surface area (Å²) >= 11 is 0. The molecule has 6 aromatic rings. The van der Waals surface area contributed by atoms with Gasteiger partial charge in [-0.1, -0.05) is 72.5 Å². The molecule has 1 amide bonds. The van der Waals surface area contributed by atoms with Crippen molar-refractivity contribution in [3.8, 4) is 11.8 Å². The van der Waals surface area contributed by atoms with Crippen LogP contribution in [0.15, 0.2) is 82.5 Å². The Balaban J connectivity index is 1.49. The van der Waals surface area contributed by atoms with E-state index in [-0.39, 0.29) is 18.7 Å². The van der Waals surface area contributed by atoms with Crippen molar-refractivity contribution < 1.29 is 19.4 Å². The highest BCUT2D eigenvalue weighted by Gasteiger charge is 2.24. The maximum Gasteiger partial charge on any atom is 0.334 e. The number of nitrogens with zero attached hydrogens (tertiary/aromatic N) is 2. The van der Waals surface area contributed by atoms with Crippen LogP contribution < -0.4 is 16.6 Å². The smallest absolute Gasteiger partial charge is 0.334 e. The van der Waals surface area contributed by atoms with Crippen molar-refractivity contribution in [1.82, 2.24) is 14.5 Å². The van der Waals surface area contributed by atoms with Crippen LogP contribution >= 0.6 is 0 Å². The van der Waals surface area contributed by atoms with Gasteiger partial charge in [0, 0.05) is 18.3 Å². The van der Waals surface area contributed by atoms with E-state index < -0.39 is 41.8 Å². The molecule has 9 nitrogen and oxygen atoms in total. The molecule has 0 saturated carbocycles. The van der Waals surface area contributed by atoms with E-state index in [0.717, 1.165) is 41.5 Å². The predicted molar refractivity (Wildman–Crippen MR) is 174 cm³/mol. The normalized spacial score (nSPS) is 11.6. The summed E-state index contributed by atoms with van der Waals surface area (Å²) in [5.41, 5.74) is -1.80. The van der Waals surface area contributed by atoms with Crippen molar-refractivity contribution in [2.24, 2.45) is 5.41 Å². The molecule has 6 rings (SSSR count). The number of hydrogen-bond acceptors (Lipinski definition) is 6. The van der Waals surface area contributed by atoms with Crippen LogP contribution in [0.5, 0.6) is 0 Å². The quantitative estimate of drug-likeness (QED) is 0.128. The molecule has 1 heterocycles. The van der Waals surface area contributed by atoms with Gasteiger partial charge in [0.1, 0.15) is 12.1 Å². The molecule has 9 heteroatoms. The fraction of sp³-hybridized carbons (Fsp3) is 0.222. The number of rotatable bonds is 6. The van der Waals surface area contributed by atoms with E-state index in [0.29, 0.717) is 5.56 Å². The monoisotopic (exact) mass is 601 g/mol. The Kier molecular flexibility index (Phi) is 7.61. The van der Waals surface area contributed by atoms with Crippen molar-refractivity contribution in [2.45, 2.75) is 34.0 Å². The van der Waals surface area contributed by atoms with Crippen molar-refractivity contribution >= 4 is 55.0 Å². The summed E-state index contributed by atoms with van der Waals surface area (Å²) in [5, 5.41) is 20.4. The molecule has 0 atom stereocenters. The van der Waals surface area contributed by atoms with Gasteiger partial charge < -0.3 is 15.2 Å². The van der Waals surface area contributed by atoms with E-state index in [1.54, 1.807) is 20.8 Å². The van der Waals surface area contributed by atoms with Crippen LogP contribution in [0.2, 0.25) is 0 Å². The van der Waals surface area contributed by atoms with Crippen molar-refractivity contribution in [3.63, 3.8) is 0 Å². The van der Waals surface area contributed by atoms with Crippen LogP contribution in [-0.2, 0) is 27.6 Å². The Morgan fingerprint density at radius 3 is 2.09 bits per heavy atom. The molecule has 0 fully saturated rings. The Labute approximate surface area is 258 Å². The number of ether oxygens (including phenoxy) is 1. The van der Waals surface area contributed by atoms with Gasteiger partial charge in [-0.25, -0.2) is 9.36 Å². The molecule has 226 valence electrons. The lowest BCUT2D eigenvalue weighted by molar-refractivity contribution is -0.157. The highest BCUT2D eigenvalue weighted by molar-refractivity contribution is 6.33. The van der Waals surface area contributed by atoms with Crippen LogP contribution in [0.3, 0.4) is 0 Å². The van der Waals surface area contributed by atoms with Crippen molar-refractivity contribution in [1.29, 1.82) is 0 Å². The third kappa shape index (κ3) is 5.41. The maximum absolute atomic E-state index is 13.5. The highest BCUT2D eigenvalue weighted by Crippen LogP contribution is 2.40. The Morgan fingerprint density at radius 2 is 1.42 bits per heavy atom. The minimum Gasteiger partial charge on any atom is -0.443 e. The highest BCUT2D eigenvalue weighted by atomic mass is 16.5. The fourth-order valence-corrected chi connectivity index (χ4v) is 5.60. The van der Waals surface area contributed by atoms with Crippen LogP contribution in [0.25, 0.3) is 43.1 Å². The molecule has 0 aliphatic heterocycles. The summed E-state index contributed by atoms with van der Waals surface area (Å²) in [7, 11) is 0. The predicted octanol–water partition coefficient (Wildman–Crippen LogP) is 4.12. The maximum atomic E-state index is 13.5. The van der Waals surface area contributed by atoms with Gasteiger partial charge >= 0.3 is 11.7 Å². The van der Waals surface area contributed by atoms with Crippen LogP contribution in [0.1, 0.15) is 31.9 Å². The molecule has 0 radical (unpaired) electrons. The molecule has 2 N–H and O–H groups in total. The van der Waals surface area contributed by atoms with Gasteiger partial charge in [-0.2, -0.15) is 0 Å². The topological polar surface area (TPSA) is 120 Å². The summed E-state index contributed by atoms with van der Waals surface area (Å²) < 4.78 is 7.07. The number of aliphatic hydroxyl groups excluding tert-OH is 1. The number of carbonyl (C=O) groups excluding carboxylic acids is 2. The third-order valence-corrected chi connectivity index (χ3v) is 7.78. The number of amides is 1. The minimum atomic E-state index is -0.856. The number of fused-ring (bicyclic) bond motifs is 2. The molecule has 0 aliphatic carbocycles. The third-order valence-electron chi connectivity index (χ3n) is 7.78. The number of nitrogens with one attached hydrogen (secondary N) is 1. The summed E-state index contributed by atoms with van der Waals surface area (Å²) in [5.74, 6) is 4.91. The van der Waals surface area contributed by atoms with Gasteiger partial charge in [0.2, 0.25) is 5.91 Å². The zero-order valence-corrected chi connectivity index (χ0v) is 25.1. The molecular weight excluding hydrogens is 570 g/mol. The molecule has 45 heavy (non-hydrogen) atoms. The second kappa shape index (κ2) is 11.6. The number of aromatic nitrogens is 2. The van der Waals surface area contributed by atoms with E-state index in [1.807, 2.05) is 24.3 Å². The number of hydrogen-bond donors (Lipinski definition) is 2. The second-order valence-electron chi connectivity index (χ2n) is 11.9. The van der Waals surface area contributed by atoms with Gasteiger partial charge in [0.25, 0.3) is 5.56 Å². The lowest BCUT2D eigenvalue weighted by atomic mass is 9.88. The fourth-order valence-electron chi connectivity index (χ4n) is 5.60. The molecule has 0 spiro atoms. The van der Waals surface area contributed by atoms with Gasteiger partial charge in [0.15, 0.2) is 6.73 Å². The molecule has 0 saturated heterocycles. The number of esters is 1. The van der Waals surface area contributed by atoms with Gasteiger partial charge in [-0.3, -0.25) is 19.0 Å². The Hall–Kier alpha value is -5.46. The van der Waals surface area contributed by atoms with Crippen LogP contribution in [-0.4, -0.2) is 39.3 Å². The van der Waals surface area contributed by atoms with E-state index in [9.17, 15) is 19.2 Å². The second-order valence-corrected chi connectivity index (χ2v) is 11.9. The first-order valence-corrected chi connectivity index (χ1v) is 14.6. The molecule has 5 aromatic carbocycles. The molecule has 0 unspecified atom stereocenters. The summed E-state index contributed by atoms with van der Waals surface area (Å²) in [6, 6.07) is 22.6. The number of benzene rings is 5. The summed E-state index contributed by atoms with van der Waals surface area (Å²) in [4.78, 5) is 51.5. The first-order chi connectivity index (χ1) is 21.6. The van der Waals surface area contributed by atoms with E-state index in [1.165, 1.54) is 17.0 Å². The number of aliphatic hydroxyl groups is 1. The van der Waals surface area contributed by atoms with Crippen LogP contribution in [0, 0.1) is 17.3 Å². The molecule has 1 aromatic heterocycles. The van der Waals surface area contributed by atoms with Gasteiger partial charge in [-0.05, 0) is 69.9 Å². The van der Waals surface area contributed by atoms with Gasteiger partial charge in [-0.15, -0.1) is 0 Å². The van der Waals surface area contributed by atoms with E-state index in [2.05, 4.69) is 59.6 Å². The summed E-state index contributed by atoms with van der Waals surface area (Å²) in [6.07, 6.45) is 1.24. The molecule has 0 aliphatic rings. The van der Waals surface area contributed by atoms with Crippen molar-refractivity contribution in [2.75, 3.05) is 13.2 Å². The average Bonchev–Trinajstić information content (AvgIpc) is 3.02. The first-order valence-electron chi connectivity index (χ1n) is 14.6. The largest absolute Gasteiger partial charge is 0.443 e. The van der Waals surface area contributed by atoms with Crippen molar-refractivity contribution in [3.05, 3.63) is 105 Å². The minimum absolute atomic E-state index is 0.00706. The molecular formula is C36H31N3O6. The van der Waals surface area contributed by atoms with E-state index in [4.69, 9.17) is 9.84 Å². The van der Waals surface area contributed by atoms with Crippen LogP contribution in [0.4, 0.5) is 0 Å². The van der Waals surface area contributed by atoms with E-state index >= 15 is 0 Å². The SMILES string of the molecule is CC(C)(C)C(=O)OCn1c(=O)c(C#Cc2ccc3c4cccc5cccc(c6cccc2c63)c54)cn(CC(=O)NCCO)c1=O. The zero-order valence-electron chi connectivity index (χ0n) is 25.1. The number of carbonyl (C=O) groups is 2. The van der Waals surface area contributed by atoms with Gasteiger partial charge in [0.05, 0.1) is 12.0 Å². The zero-order chi connectivity index (χ0) is 31.9.